The second-order valence-electron chi connectivity index (χ2n) is 9.53. The first kappa shape index (κ1) is 27.4. The van der Waals surface area contributed by atoms with Crippen LogP contribution in [0.15, 0.2) is 82.8 Å². The first-order valence-corrected chi connectivity index (χ1v) is 14.3. The molecule has 0 unspecified atom stereocenters. The van der Waals surface area contributed by atoms with Gasteiger partial charge in [0.05, 0.1) is 17.0 Å². The molecule has 208 valence electrons. The Hall–Kier alpha value is -4.12. The van der Waals surface area contributed by atoms with E-state index in [4.69, 9.17) is 9.98 Å². The van der Waals surface area contributed by atoms with E-state index in [1.807, 2.05) is 30.3 Å². The van der Waals surface area contributed by atoms with E-state index in [1.54, 1.807) is 29.0 Å². The summed E-state index contributed by atoms with van der Waals surface area (Å²) in [5.74, 6) is -0.256. The number of anilines is 1. The van der Waals surface area contributed by atoms with E-state index in [0.717, 1.165) is 37.1 Å². The molecule has 1 aliphatic heterocycles. The molecule has 0 bridgehead atoms. The van der Waals surface area contributed by atoms with Crippen molar-refractivity contribution in [2.24, 2.45) is 9.98 Å². The number of hydrogen-bond acceptors (Lipinski definition) is 5. The van der Waals surface area contributed by atoms with Crippen molar-refractivity contribution in [1.82, 2.24) is 4.98 Å². The smallest absolute Gasteiger partial charge is 0.494 e. The van der Waals surface area contributed by atoms with Crippen LogP contribution >= 0.6 is 0 Å². The highest BCUT2D eigenvalue weighted by atomic mass is 32.2. The Labute approximate surface area is 229 Å². The van der Waals surface area contributed by atoms with Crippen LogP contribution in [0, 0.1) is 0 Å². The number of H-pyrrole nitrogens is 1. The van der Waals surface area contributed by atoms with Gasteiger partial charge in [0.25, 0.3) is 0 Å². The second kappa shape index (κ2) is 11.2. The van der Waals surface area contributed by atoms with E-state index in [9.17, 15) is 26.7 Å². The molecule has 3 aromatic carbocycles. The summed E-state index contributed by atoms with van der Waals surface area (Å²) in [6.45, 7) is 0.814. The lowest BCUT2D eigenvalue weighted by atomic mass is 10.00. The highest BCUT2D eigenvalue weighted by molar-refractivity contribution is 7.93. The molecule has 7 nitrogen and oxygen atoms in total. The van der Waals surface area contributed by atoms with E-state index in [-0.39, 0.29) is 17.1 Å². The average molecular weight is 569 g/mol. The molecule has 4 aromatic rings. The van der Waals surface area contributed by atoms with Crippen molar-refractivity contribution in [1.29, 1.82) is 0 Å². The number of sulfonamides is 1. The van der Waals surface area contributed by atoms with Gasteiger partial charge in [0.1, 0.15) is 0 Å². The summed E-state index contributed by atoms with van der Waals surface area (Å²) in [5, 5.41) is 11.2. The Kier molecular flexibility index (Phi) is 7.66. The Morgan fingerprint density at radius 3 is 2.40 bits per heavy atom. The van der Waals surface area contributed by atoms with E-state index in [0.29, 0.717) is 27.9 Å². The third-order valence-electron chi connectivity index (χ3n) is 6.69. The Bertz CT molecular complexity index is 1680. The molecule has 1 aliphatic rings. The molecule has 3 N–H and O–H groups in total. The lowest BCUT2D eigenvalue weighted by molar-refractivity contribution is -0.0429. The van der Waals surface area contributed by atoms with Gasteiger partial charge in [-0.15, -0.1) is 0 Å². The van der Waals surface area contributed by atoms with Gasteiger partial charge in [-0.3, -0.25) is 9.71 Å². The van der Waals surface area contributed by atoms with Crippen molar-refractivity contribution in [3.8, 4) is 5.88 Å². The number of rotatable bonds is 6. The van der Waals surface area contributed by atoms with E-state index >= 15 is 0 Å². The normalized spacial score (nSPS) is 15.4. The fraction of sp³-hybridized carbons (Fsp3) is 0.241. The topological polar surface area (TPSA) is 107 Å². The predicted octanol–water partition coefficient (Wildman–Crippen LogP) is 7.06. The molecule has 0 spiro atoms. The Morgan fingerprint density at radius 2 is 1.68 bits per heavy atom. The quantitative estimate of drug-likeness (QED) is 0.217. The number of aliphatic imine (C=N–C) groups is 2. The van der Waals surface area contributed by atoms with Gasteiger partial charge in [-0.1, -0.05) is 55.3 Å². The zero-order chi connectivity index (χ0) is 28.3. The molecular formula is C29H27F3N4O3S. The van der Waals surface area contributed by atoms with Crippen LogP contribution in [0.2, 0.25) is 0 Å². The largest absolute Gasteiger partial charge is 0.516 e. The maximum atomic E-state index is 13.0. The van der Waals surface area contributed by atoms with Gasteiger partial charge in [0.2, 0.25) is 0 Å². The van der Waals surface area contributed by atoms with E-state index in [1.165, 1.54) is 31.0 Å². The summed E-state index contributed by atoms with van der Waals surface area (Å²) in [7, 11) is -5.63. The van der Waals surface area contributed by atoms with Crippen molar-refractivity contribution in [3.63, 3.8) is 0 Å². The Balaban J connectivity index is 1.58. The van der Waals surface area contributed by atoms with Crippen molar-refractivity contribution >= 4 is 43.7 Å². The number of benzene rings is 3. The monoisotopic (exact) mass is 568 g/mol. The predicted molar refractivity (Wildman–Crippen MR) is 151 cm³/mol. The molecule has 0 radical (unpaired) electrons. The number of alkyl halides is 3. The van der Waals surface area contributed by atoms with Crippen molar-refractivity contribution < 1.29 is 26.7 Å². The first-order chi connectivity index (χ1) is 19.1. The van der Waals surface area contributed by atoms with Crippen LogP contribution < -0.4 is 4.72 Å². The van der Waals surface area contributed by atoms with Crippen LogP contribution in [-0.4, -0.2) is 42.0 Å². The zero-order valence-corrected chi connectivity index (χ0v) is 22.2. The van der Waals surface area contributed by atoms with E-state index in [2.05, 4.69) is 4.98 Å². The number of nitrogens with zero attached hydrogens (tertiary/aromatic N) is 2. The van der Waals surface area contributed by atoms with Gasteiger partial charge in [-0.2, -0.15) is 21.6 Å². The van der Waals surface area contributed by atoms with Crippen LogP contribution in [-0.2, 0) is 10.0 Å². The first-order valence-electron chi connectivity index (χ1n) is 12.8. The maximum absolute atomic E-state index is 13.0. The molecule has 0 amide bonds. The lowest BCUT2D eigenvalue weighted by Crippen LogP contribution is -2.29. The summed E-state index contributed by atoms with van der Waals surface area (Å²) in [6, 6.07) is 20.5. The molecular weight excluding hydrogens is 541 g/mol. The molecule has 0 saturated carbocycles. The summed E-state index contributed by atoms with van der Waals surface area (Å²) in [5.41, 5.74) is -1.47. The zero-order valence-electron chi connectivity index (χ0n) is 21.4. The molecule has 0 atom stereocenters. The number of fused-ring (bicyclic) bond motifs is 1. The molecule has 2 heterocycles. The fourth-order valence-electron chi connectivity index (χ4n) is 4.70. The number of hydrogen-bond donors (Lipinski definition) is 3. The standard InChI is InChI=1S/C29H27F3N4O3S/c30-29(31,32)40(38,39)36-22-15-16-25-23(18-22)26(28(37)35-25)27(20-8-4-3-5-9-20)34-21-13-11-19(12-14-21)24-10-6-1-2-7-17-33-24/h3-5,8-9,11-16,18,35-37H,1-2,6-7,10,17H2. The van der Waals surface area contributed by atoms with Crippen LogP contribution in [0.25, 0.3) is 10.9 Å². The highest BCUT2D eigenvalue weighted by Crippen LogP contribution is 2.34. The van der Waals surface area contributed by atoms with Crippen molar-refractivity contribution in [2.45, 2.75) is 37.6 Å². The summed E-state index contributed by atoms with van der Waals surface area (Å²) in [4.78, 5) is 12.4. The summed E-state index contributed by atoms with van der Waals surface area (Å²) in [6.07, 6.45) is 5.48. The maximum Gasteiger partial charge on any atom is 0.516 e. The molecule has 40 heavy (non-hydrogen) atoms. The van der Waals surface area contributed by atoms with Gasteiger partial charge >= 0.3 is 15.5 Å². The molecule has 1 aromatic heterocycles. The van der Waals surface area contributed by atoms with Crippen LogP contribution in [0.5, 0.6) is 5.88 Å². The van der Waals surface area contributed by atoms with Gasteiger partial charge in [-0.25, -0.2) is 4.99 Å². The number of aromatic amines is 1. The fourth-order valence-corrected chi connectivity index (χ4v) is 5.25. The third-order valence-corrected chi connectivity index (χ3v) is 7.80. The van der Waals surface area contributed by atoms with Gasteiger partial charge in [0, 0.05) is 34.4 Å². The molecule has 0 aliphatic carbocycles. The van der Waals surface area contributed by atoms with Crippen molar-refractivity contribution in [2.75, 3.05) is 11.3 Å². The highest BCUT2D eigenvalue weighted by Gasteiger charge is 2.46. The second-order valence-corrected chi connectivity index (χ2v) is 11.2. The number of aromatic nitrogens is 1. The molecule has 0 saturated heterocycles. The number of nitrogens with one attached hydrogen (secondary N) is 2. The molecule has 0 fully saturated rings. The van der Waals surface area contributed by atoms with Gasteiger partial charge < -0.3 is 10.1 Å². The number of aromatic hydroxyl groups is 1. The van der Waals surface area contributed by atoms with Crippen LogP contribution in [0.3, 0.4) is 0 Å². The molecule has 5 rings (SSSR count). The third kappa shape index (κ3) is 5.89. The SMILES string of the molecule is O=S(=O)(Nc1ccc2[nH]c(O)c(C(=Nc3ccc(C4=NCCCCCC4)cc3)c3ccccc3)c2c1)C(F)(F)F. The lowest BCUT2D eigenvalue weighted by Gasteiger charge is -2.12. The summed E-state index contributed by atoms with van der Waals surface area (Å²) < 4.78 is 63.9. The Morgan fingerprint density at radius 1 is 0.950 bits per heavy atom. The van der Waals surface area contributed by atoms with E-state index < -0.39 is 15.5 Å². The van der Waals surface area contributed by atoms with Gasteiger partial charge in [-0.05, 0) is 55.2 Å². The molecule has 11 heteroatoms. The van der Waals surface area contributed by atoms with Crippen LogP contribution in [0.1, 0.15) is 48.8 Å². The minimum absolute atomic E-state index is 0.225. The van der Waals surface area contributed by atoms with Gasteiger partial charge in [0.15, 0.2) is 5.88 Å². The van der Waals surface area contributed by atoms with Crippen LogP contribution in [0.4, 0.5) is 24.5 Å². The van der Waals surface area contributed by atoms with Crippen molar-refractivity contribution in [3.05, 3.63) is 89.5 Å². The summed E-state index contributed by atoms with van der Waals surface area (Å²) >= 11 is 0. The minimum atomic E-state index is -5.63. The number of halogens is 3. The average Bonchev–Trinajstić information content (AvgIpc) is 3.22. The minimum Gasteiger partial charge on any atom is -0.494 e.